The maximum Gasteiger partial charge on any atom is 0.224 e. The summed E-state index contributed by atoms with van der Waals surface area (Å²) in [5.41, 5.74) is 2.90. The maximum atomic E-state index is 12.9. The molecule has 26 heavy (non-hydrogen) atoms. The highest BCUT2D eigenvalue weighted by molar-refractivity contribution is 7.98. The van der Waals surface area contributed by atoms with Gasteiger partial charge in [0.25, 0.3) is 0 Å². The zero-order valence-electron chi connectivity index (χ0n) is 14.2. The van der Waals surface area contributed by atoms with Crippen LogP contribution >= 0.6 is 11.8 Å². The molecule has 3 aromatic rings. The fourth-order valence-corrected chi connectivity index (χ4v) is 3.25. The van der Waals surface area contributed by atoms with Crippen LogP contribution < -0.4 is 5.32 Å². The lowest BCUT2D eigenvalue weighted by Gasteiger charge is -2.07. The van der Waals surface area contributed by atoms with Crippen molar-refractivity contribution in [3.8, 4) is 0 Å². The van der Waals surface area contributed by atoms with Crippen molar-refractivity contribution in [2.75, 3.05) is 5.32 Å². The van der Waals surface area contributed by atoms with E-state index in [0.717, 1.165) is 21.9 Å². The van der Waals surface area contributed by atoms with Gasteiger partial charge in [-0.05, 0) is 60.0 Å². The summed E-state index contributed by atoms with van der Waals surface area (Å²) in [7, 11) is 0. The molecule has 5 heteroatoms. The summed E-state index contributed by atoms with van der Waals surface area (Å²) < 4.78 is 12.9. The van der Waals surface area contributed by atoms with E-state index in [-0.39, 0.29) is 11.7 Å². The number of aryl methyl sites for hydroxylation is 1. The summed E-state index contributed by atoms with van der Waals surface area (Å²) in [5, 5.41) is 2.89. The van der Waals surface area contributed by atoms with Crippen molar-refractivity contribution in [1.82, 2.24) is 4.98 Å². The van der Waals surface area contributed by atoms with Gasteiger partial charge < -0.3 is 5.32 Å². The van der Waals surface area contributed by atoms with E-state index in [1.807, 2.05) is 36.5 Å². The Kier molecular flexibility index (Phi) is 6.39. The Morgan fingerprint density at radius 1 is 1.00 bits per heavy atom. The number of nitrogens with zero attached hydrogens (tertiary/aromatic N) is 1. The molecule has 2 aromatic carbocycles. The van der Waals surface area contributed by atoms with E-state index in [2.05, 4.69) is 16.4 Å². The Labute approximate surface area is 156 Å². The van der Waals surface area contributed by atoms with E-state index in [1.165, 1.54) is 17.7 Å². The average molecular weight is 366 g/mol. The number of carbonyl (C=O) groups excluding carboxylic acids is 1. The predicted molar refractivity (Wildman–Crippen MR) is 104 cm³/mol. The number of rotatable bonds is 7. The first-order chi connectivity index (χ1) is 12.7. The molecular formula is C21H19FN2OS. The molecule has 0 saturated carbocycles. The summed E-state index contributed by atoms with van der Waals surface area (Å²) in [6.07, 6.45) is 4.58. The van der Waals surface area contributed by atoms with E-state index < -0.39 is 0 Å². The Bertz CT molecular complexity index is 836. The van der Waals surface area contributed by atoms with Crippen molar-refractivity contribution in [2.45, 2.75) is 23.5 Å². The van der Waals surface area contributed by atoms with Crippen molar-refractivity contribution in [2.24, 2.45) is 0 Å². The third-order valence-electron chi connectivity index (χ3n) is 3.82. The lowest BCUT2D eigenvalue weighted by atomic mass is 10.1. The number of aromatic nitrogens is 1. The molecule has 0 saturated heterocycles. The van der Waals surface area contributed by atoms with Gasteiger partial charge in [-0.1, -0.05) is 18.2 Å². The van der Waals surface area contributed by atoms with Crippen LogP contribution in [0.2, 0.25) is 0 Å². The molecule has 0 bridgehead atoms. The molecular weight excluding hydrogens is 347 g/mol. The van der Waals surface area contributed by atoms with E-state index in [4.69, 9.17) is 0 Å². The van der Waals surface area contributed by atoms with Gasteiger partial charge in [-0.3, -0.25) is 9.78 Å². The normalized spacial score (nSPS) is 10.5. The molecule has 1 aromatic heterocycles. The summed E-state index contributed by atoms with van der Waals surface area (Å²) in [6.45, 7) is 0. The zero-order valence-corrected chi connectivity index (χ0v) is 15.0. The van der Waals surface area contributed by atoms with E-state index in [1.54, 1.807) is 30.1 Å². The maximum absolute atomic E-state index is 12.9. The second kappa shape index (κ2) is 9.15. The van der Waals surface area contributed by atoms with Gasteiger partial charge in [0.2, 0.25) is 5.91 Å². The number of amides is 1. The van der Waals surface area contributed by atoms with Gasteiger partial charge in [-0.2, -0.15) is 0 Å². The van der Waals surface area contributed by atoms with Crippen LogP contribution in [-0.4, -0.2) is 10.9 Å². The molecule has 0 radical (unpaired) electrons. The van der Waals surface area contributed by atoms with Crippen molar-refractivity contribution < 1.29 is 9.18 Å². The molecule has 0 spiro atoms. The second-order valence-corrected chi connectivity index (χ2v) is 6.90. The lowest BCUT2D eigenvalue weighted by Crippen LogP contribution is -2.12. The van der Waals surface area contributed by atoms with Gasteiger partial charge >= 0.3 is 0 Å². The van der Waals surface area contributed by atoms with Crippen LogP contribution in [0.4, 0.5) is 10.1 Å². The number of carbonyl (C=O) groups is 1. The average Bonchev–Trinajstić information content (AvgIpc) is 2.68. The van der Waals surface area contributed by atoms with E-state index >= 15 is 0 Å². The highest BCUT2D eigenvalue weighted by atomic mass is 32.2. The summed E-state index contributed by atoms with van der Waals surface area (Å²) >= 11 is 1.73. The Morgan fingerprint density at radius 3 is 2.46 bits per heavy atom. The Morgan fingerprint density at radius 2 is 1.77 bits per heavy atom. The molecule has 0 fully saturated rings. The highest BCUT2D eigenvalue weighted by Crippen LogP contribution is 2.24. The van der Waals surface area contributed by atoms with Gasteiger partial charge in [0.15, 0.2) is 0 Å². The Hall–Kier alpha value is -2.66. The minimum Gasteiger partial charge on any atom is -0.326 e. The second-order valence-electron chi connectivity index (χ2n) is 5.85. The van der Waals surface area contributed by atoms with Crippen molar-refractivity contribution in [3.05, 3.63) is 90.0 Å². The molecule has 0 unspecified atom stereocenters. The fraction of sp³-hybridized carbons (Fsp3) is 0.143. The summed E-state index contributed by atoms with van der Waals surface area (Å²) in [4.78, 5) is 17.3. The van der Waals surface area contributed by atoms with Crippen LogP contribution in [0.25, 0.3) is 0 Å². The first-order valence-corrected chi connectivity index (χ1v) is 9.34. The summed E-state index contributed by atoms with van der Waals surface area (Å²) in [6, 6.07) is 18.0. The van der Waals surface area contributed by atoms with Gasteiger partial charge in [0.05, 0.1) is 0 Å². The Balaban J connectivity index is 1.45. The molecule has 1 N–H and O–H groups in total. The number of pyridine rings is 1. The standard InChI is InChI=1S/C21H19FN2OS/c22-18-6-3-16(4-7-18)5-12-21(25)24-19-8-10-20(11-9-19)26-15-17-2-1-13-23-14-17/h1-4,6-11,13-14H,5,12,15H2,(H,24,25). The van der Waals surface area contributed by atoms with Crippen molar-refractivity contribution in [1.29, 1.82) is 0 Å². The highest BCUT2D eigenvalue weighted by Gasteiger charge is 2.04. The van der Waals surface area contributed by atoms with Crippen molar-refractivity contribution in [3.63, 3.8) is 0 Å². The molecule has 3 rings (SSSR count). The van der Waals surface area contributed by atoms with E-state index in [0.29, 0.717) is 12.8 Å². The lowest BCUT2D eigenvalue weighted by molar-refractivity contribution is -0.116. The van der Waals surface area contributed by atoms with Crippen LogP contribution in [0.5, 0.6) is 0 Å². The van der Waals surface area contributed by atoms with Gasteiger partial charge in [0, 0.05) is 35.2 Å². The summed E-state index contributed by atoms with van der Waals surface area (Å²) in [5.74, 6) is 0.543. The van der Waals surface area contributed by atoms with Crippen LogP contribution in [0.15, 0.2) is 78.0 Å². The number of nitrogens with one attached hydrogen (secondary N) is 1. The molecule has 0 aliphatic heterocycles. The first-order valence-electron chi connectivity index (χ1n) is 8.35. The number of hydrogen-bond donors (Lipinski definition) is 1. The molecule has 1 heterocycles. The number of benzene rings is 2. The molecule has 0 atom stereocenters. The van der Waals surface area contributed by atoms with Crippen LogP contribution in [0, 0.1) is 5.82 Å². The minimum atomic E-state index is -0.264. The SMILES string of the molecule is O=C(CCc1ccc(F)cc1)Nc1ccc(SCc2cccnc2)cc1. The van der Waals surface area contributed by atoms with Gasteiger partial charge in [-0.25, -0.2) is 4.39 Å². The molecule has 1 amide bonds. The van der Waals surface area contributed by atoms with E-state index in [9.17, 15) is 9.18 Å². The smallest absolute Gasteiger partial charge is 0.224 e. The number of thioether (sulfide) groups is 1. The number of anilines is 1. The zero-order chi connectivity index (χ0) is 18.2. The number of hydrogen-bond acceptors (Lipinski definition) is 3. The van der Waals surface area contributed by atoms with Crippen LogP contribution in [-0.2, 0) is 17.0 Å². The molecule has 0 aliphatic carbocycles. The first kappa shape index (κ1) is 18.1. The van der Waals surface area contributed by atoms with Gasteiger partial charge in [0.1, 0.15) is 5.82 Å². The van der Waals surface area contributed by atoms with Gasteiger partial charge in [-0.15, -0.1) is 11.8 Å². The van der Waals surface area contributed by atoms with Crippen LogP contribution in [0.3, 0.4) is 0 Å². The quantitative estimate of drug-likeness (QED) is 0.593. The number of halogens is 1. The molecule has 3 nitrogen and oxygen atoms in total. The monoisotopic (exact) mass is 366 g/mol. The topological polar surface area (TPSA) is 42.0 Å². The molecule has 132 valence electrons. The van der Waals surface area contributed by atoms with Crippen molar-refractivity contribution >= 4 is 23.4 Å². The van der Waals surface area contributed by atoms with Crippen LogP contribution in [0.1, 0.15) is 17.5 Å². The fourth-order valence-electron chi connectivity index (χ4n) is 2.42. The third-order valence-corrected chi connectivity index (χ3v) is 4.90. The predicted octanol–water partition coefficient (Wildman–Crippen LogP) is 5.08. The largest absolute Gasteiger partial charge is 0.326 e. The molecule has 0 aliphatic rings. The third kappa shape index (κ3) is 5.70. The minimum absolute atomic E-state index is 0.0508.